The molecule has 0 aromatic heterocycles. The second-order valence-corrected chi connectivity index (χ2v) is 5.70. The third-order valence-corrected chi connectivity index (χ3v) is 4.49. The molecule has 3 rings (SSSR count). The summed E-state index contributed by atoms with van der Waals surface area (Å²) in [4.78, 5) is 2.70. The van der Waals surface area contributed by atoms with Crippen molar-refractivity contribution in [2.45, 2.75) is 51.2 Å². The predicted octanol–water partition coefficient (Wildman–Crippen LogP) is 3.10. The lowest BCUT2D eigenvalue weighted by Gasteiger charge is -2.26. The normalized spacial score (nSPS) is 27.6. The maximum Gasteiger partial charge on any atom is 0.0341 e. The number of hydrogen-bond donors (Lipinski definition) is 1. The predicted molar refractivity (Wildman–Crippen MR) is 75.5 cm³/mol. The highest BCUT2D eigenvalue weighted by Gasteiger charge is 2.29. The van der Waals surface area contributed by atoms with Crippen LogP contribution in [0.1, 0.15) is 49.8 Å². The maximum atomic E-state index is 3.68. The minimum Gasteiger partial charge on any atom is -0.306 e. The highest BCUT2D eigenvalue weighted by Crippen LogP contribution is 2.32. The minimum absolute atomic E-state index is 0.587. The van der Waals surface area contributed by atoms with Crippen LogP contribution >= 0.6 is 0 Å². The van der Waals surface area contributed by atoms with Gasteiger partial charge in [-0.2, -0.15) is 0 Å². The molecule has 2 aliphatic heterocycles. The second-order valence-electron chi connectivity index (χ2n) is 5.70. The molecule has 2 unspecified atom stereocenters. The van der Waals surface area contributed by atoms with Crippen molar-refractivity contribution in [2.24, 2.45) is 0 Å². The van der Waals surface area contributed by atoms with Crippen LogP contribution in [0.3, 0.4) is 0 Å². The summed E-state index contributed by atoms with van der Waals surface area (Å²) < 4.78 is 0. The van der Waals surface area contributed by atoms with E-state index >= 15 is 0 Å². The van der Waals surface area contributed by atoms with Crippen LogP contribution < -0.4 is 5.32 Å². The van der Waals surface area contributed by atoms with E-state index in [1.807, 2.05) is 0 Å². The van der Waals surface area contributed by atoms with Crippen LogP contribution in [0.25, 0.3) is 0 Å². The summed E-state index contributed by atoms with van der Waals surface area (Å²) in [6.07, 6.45) is 5.35. The first-order valence-electron chi connectivity index (χ1n) is 7.43. The van der Waals surface area contributed by atoms with Crippen molar-refractivity contribution in [1.29, 1.82) is 0 Å². The summed E-state index contributed by atoms with van der Waals surface area (Å²) in [6, 6.07) is 10.3. The van der Waals surface area contributed by atoms with Gasteiger partial charge < -0.3 is 10.2 Å². The van der Waals surface area contributed by atoms with Gasteiger partial charge in [-0.15, -0.1) is 0 Å². The van der Waals surface area contributed by atoms with Crippen molar-refractivity contribution >= 4 is 0 Å². The second kappa shape index (κ2) is 5.41. The summed E-state index contributed by atoms with van der Waals surface area (Å²) in [7, 11) is 0. The first-order valence-corrected chi connectivity index (χ1v) is 7.43. The molecule has 2 atom stereocenters. The van der Waals surface area contributed by atoms with Crippen molar-refractivity contribution in [3.8, 4) is 0 Å². The number of hydrogen-bond acceptors (Lipinski definition) is 2. The lowest BCUT2D eigenvalue weighted by Crippen LogP contribution is -2.33. The average molecular weight is 244 g/mol. The molecule has 18 heavy (non-hydrogen) atoms. The number of likely N-dealkylation sites (tertiary alicyclic amines) is 1. The van der Waals surface area contributed by atoms with Crippen LogP contribution in [0.4, 0.5) is 0 Å². The van der Waals surface area contributed by atoms with Crippen LogP contribution in [0, 0.1) is 0 Å². The lowest BCUT2D eigenvalue weighted by atomic mass is 9.98. The van der Waals surface area contributed by atoms with Crippen LogP contribution in [0.15, 0.2) is 24.3 Å². The number of fused-ring (bicyclic) bond motifs is 1. The fourth-order valence-corrected chi connectivity index (χ4v) is 3.60. The monoisotopic (exact) mass is 244 g/mol. The number of rotatable bonds is 4. The van der Waals surface area contributed by atoms with Gasteiger partial charge in [0, 0.05) is 18.6 Å². The molecular weight excluding hydrogens is 220 g/mol. The van der Waals surface area contributed by atoms with Gasteiger partial charge in [0.15, 0.2) is 0 Å². The van der Waals surface area contributed by atoms with E-state index in [-0.39, 0.29) is 0 Å². The Labute approximate surface area is 110 Å². The SMILES string of the molecule is CCCN1CCCC1CC1NCc2ccccc21. The van der Waals surface area contributed by atoms with Gasteiger partial charge in [-0.3, -0.25) is 0 Å². The lowest BCUT2D eigenvalue weighted by molar-refractivity contribution is 0.228. The Morgan fingerprint density at radius 2 is 2.22 bits per heavy atom. The molecule has 2 aliphatic rings. The Balaban J connectivity index is 1.67. The molecule has 2 nitrogen and oxygen atoms in total. The van der Waals surface area contributed by atoms with E-state index in [1.54, 1.807) is 5.56 Å². The first-order chi connectivity index (χ1) is 8.88. The van der Waals surface area contributed by atoms with Crippen molar-refractivity contribution < 1.29 is 0 Å². The van der Waals surface area contributed by atoms with Gasteiger partial charge in [-0.1, -0.05) is 31.2 Å². The fraction of sp³-hybridized carbons (Fsp3) is 0.625. The minimum atomic E-state index is 0.587. The largest absolute Gasteiger partial charge is 0.306 e. The van der Waals surface area contributed by atoms with Crippen LogP contribution in [-0.2, 0) is 6.54 Å². The quantitative estimate of drug-likeness (QED) is 0.875. The van der Waals surface area contributed by atoms with E-state index in [0.717, 1.165) is 12.6 Å². The van der Waals surface area contributed by atoms with Crippen molar-refractivity contribution in [2.75, 3.05) is 13.1 Å². The molecule has 2 heterocycles. The average Bonchev–Trinajstić information content (AvgIpc) is 2.99. The van der Waals surface area contributed by atoms with E-state index < -0.39 is 0 Å². The van der Waals surface area contributed by atoms with E-state index in [2.05, 4.69) is 41.4 Å². The van der Waals surface area contributed by atoms with Crippen LogP contribution in [0.2, 0.25) is 0 Å². The molecule has 1 saturated heterocycles. The smallest absolute Gasteiger partial charge is 0.0341 e. The molecule has 1 fully saturated rings. The Morgan fingerprint density at radius 1 is 1.33 bits per heavy atom. The topological polar surface area (TPSA) is 15.3 Å². The summed E-state index contributed by atoms with van der Waals surface area (Å²) in [5, 5.41) is 3.68. The Kier molecular flexibility index (Phi) is 3.67. The van der Waals surface area contributed by atoms with Gasteiger partial charge >= 0.3 is 0 Å². The highest BCUT2D eigenvalue weighted by atomic mass is 15.2. The molecule has 1 aromatic rings. The molecular formula is C16H24N2. The molecule has 0 amide bonds. The maximum absolute atomic E-state index is 3.68. The molecule has 0 bridgehead atoms. The Morgan fingerprint density at radius 3 is 3.11 bits per heavy atom. The van der Waals surface area contributed by atoms with Crippen molar-refractivity contribution in [3.63, 3.8) is 0 Å². The standard InChI is InChI=1S/C16H24N2/c1-2-9-18-10-5-7-14(18)11-16-15-8-4-3-6-13(15)12-17-16/h3-4,6,8,14,16-17H,2,5,7,9-12H2,1H3. The summed E-state index contributed by atoms with van der Waals surface area (Å²) in [5.74, 6) is 0. The summed E-state index contributed by atoms with van der Waals surface area (Å²) in [5.41, 5.74) is 3.04. The van der Waals surface area contributed by atoms with Crippen molar-refractivity contribution in [1.82, 2.24) is 10.2 Å². The highest BCUT2D eigenvalue weighted by molar-refractivity contribution is 5.33. The van der Waals surface area contributed by atoms with Gasteiger partial charge in [-0.05, 0) is 49.9 Å². The third kappa shape index (κ3) is 2.32. The molecule has 2 heteroatoms. The molecule has 98 valence electrons. The van der Waals surface area contributed by atoms with Gasteiger partial charge in [0.05, 0.1) is 0 Å². The van der Waals surface area contributed by atoms with Gasteiger partial charge in [0.2, 0.25) is 0 Å². The van der Waals surface area contributed by atoms with E-state index in [4.69, 9.17) is 0 Å². The van der Waals surface area contributed by atoms with E-state index in [9.17, 15) is 0 Å². The molecule has 1 aromatic carbocycles. The van der Waals surface area contributed by atoms with Gasteiger partial charge in [0.1, 0.15) is 0 Å². The first kappa shape index (κ1) is 12.2. The fourth-order valence-electron chi connectivity index (χ4n) is 3.60. The van der Waals surface area contributed by atoms with Crippen LogP contribution in [0.5, 0.6) is 0 Å². The van der Waals surface area contributed by atoms with Gasteiger partial charge in [-0.25, -0.2) is 0 Å². The zero-order chi connectivity index (χ0) is 12.4. The molecule has 0 radical (unpaired) electrons. The molecule has 0 spiro atoms. The van der Waals surface area contributed by atoms with E-state index in [1.165, 1.54) is 44.3 Å². The number of benzene rings is 1. The zero-order valence-corrected chi connectivity index (χ0v) is 11.4. The van der Waals surface area contributed by atoms with Gasteiger partial charge in [0.25, 0.3) is 0 Å². The van der Waals surface area contributed by atoms with Crippen molar-refractivity contribution in [3.05, 3.63) is 35.4 Å². The zero-order valence-electron chi connectivity index (χ0n) is 11.4. The summed E-state index contributed by atoms with van der Waals surface area (Å²) in [6.45, 7) is 5.94. The Hall–Kier alpha value is -0.860. The Bertz CT molecular complexity index is 402. The van der Waals surface area contributed by atoms with E-state index in [0.29, 0.717) is 6.04 Å². The summed E-state index contributed by atoms with van der Waals surface area (Å²) >= 11 is 0. The third-order valence-electron chi connectivity index (χ3n) is 4.49. The molecule has 0 saturated carbocycles. The number of nitrogens with zero attached hydrogens (tertiary/aromatic N) is 1. The molecule has 0 aliphatic carbocycles. The molecule has 1 N–H and O–H groups in total. The number of nitrogens with one attached hydrogen (secondary N) is 1. The van der Waals surface area contributed by atoms with Crippen LogP contribution in [-0.4, -0.2) is 24.0 Å².